The van der Waals surface area contributed by atoms with Gasteiger partial charge in [-0.1, -0.05) is 81.1 Å². The molecule has 1 unspecified atom stereocenters. The Morgan fingerprint density at radius 1 is 0.971 bits per heavy atom. The number of amides is 2. The Kier molecular flexibility index (Phi) is 7.73. The van der Waals surface area contributed by atoms with E-state index in [1.807, 2.05) is 24.3 Å². The predicted octanol–water partition coefficient (Wildman–Crippen LogP) is 4.85. The van der Waals surface area contributed by atoms with E-state index in [2.05, 4.69) is 34.9 Å². The molecule has 7 heteroatoms. The molecule has 0 radical (unpaired) electrons. The first-order valence-electron chi connectivity index (χ1n) is 12.6. The van der Waals surface area contributed by atoms with Crippen LogP contribution in [0.1, 0.15) is 68.9 Å². The number of benzene rings is 2. The number of carbonyl (C=O) groups is 3. The van der Waals surface area contributed by atoms with Crippen LogP contribution in [0.25, 0.3) is 11.1 Å². The second kappa shape index (κ2) is 10.9. The minimum Gasteiger partial charge on any atom is -0.480 e. The molecule has 1 saturated carbocycles. The summed E-state index contributed by atoms with van der Waals surface area (Å²) in [5.74, 6) is -1.38. The molecule has 2 aromatic carbocycles. The van der Waals surface area contributed by atoms with Gasteiger partial charge in [-0.15, -0.1) is 0 Å². The molecule has 186 valence electrons. The minimum absolute atomic E-state index is 0.0378. The highest BCUT2D eigenvalue weighted by molar-refractivity contribution is 5.88. The maximum Gasteiger partial charge on any atom is 0.407 e. The zero-order chi connectivity index (χ0) is 24.8. The van der Waals surface area contributed by atoms with Crippen LogP contribution in [0.2, 0.25) is 0 Å². The van der Waals surface area contributed by atoms with E-state index >= 15 is 0 Å². The van der Waals surface area contributed by atoms with Crippen LogP contribution < -0.4 is 10.6 Å². The Morgan fingerprint density at radius 3 is 2.09 bits per heavy atom. The molecule has 0 aromatic heterocycles. The number of carboxylic acid groups (broad SMARTS) is 1. The van der Waals surface area contributed by atoms with Crippen molar-refractivity contribution in [1.29, 1.82) is 0 Å². The summed E-state index contributed by atoms with van der Waals surface area (Å²) < 4.78 is 5.65. The highest BCUT2D eigenvalue weighted by Gasteiger charge is 2.40. The molecule has 35 heavy (non-hydrogen) atoms. The summed E-state index contributed by atoms with van der Waals surface area (Å²) in [5.41, 5.74) is 3.77. The topological polar surface area (TPSA) is 105 Å². The third-order valence-electron chi connectivity index (χ3n) is 7.47. The fourth-order valence-corrected chi connectivity index (χ4v) is 5.43. The van der Waals surface area contributed by atoms with Gasteiger partial charge in [0.25, 0.3) is 0 Å². The lowest BCUT2D eigenvalue weighted by Crippen LogP contribution is -2.52. The van der Waals surface area contributed by atoms with Crippen molar-refractivity contribution >= 4 is 18.0 Å². The maximum absolute atomic E-state index is 13.2. The van der Waals surface area contributed by atoms with Crippen LogP contribution in [0, 0.1) is 5.41 Å². The summed E-state index contributed by atoms with van der Waals surface area (Å²) in [6.45, 7) is 2.06. The number of carbonyl (C=O) groups excluding carboxylic acids is 2. The number of rotatable bonds is 8. The molecule has 2 amide bonds. The van der Waals surface area contributed by atoms with E-state index in [4.69, 9.17) is 4.74 Å². The number of aliphatic carboxylic acids is 1. The van der Waals surface area contributed by atoms with E-state index in [9.17, 15) is 19.5 Å². The Hall–Kier alpha value is -3.35. The first-order chi connectivity index (χ1) is 16.9. The number of hydrogen-bond donors (Lipinski definition) is 3. The number of alkyl carbamates (subject to hydrolysis) is 1. The molecule has 1 fully saturated rings. The third kappa shape index (κ3) is 5.34. The zero-order valence-electron chi connectivity index (χ0n) is 20.2. The van der Waals surface area contributed by atoms with Gasteiger partial charge in [-0.05, 0) is 41.5 Å². The van der Waals surface area contributed by atoms with Crippen LogP contribution in [0.5, 0.6) is 0 Å². The Bertz CT molecular complexity index is 1030. The number of ether oxygens (including phenoxy) is 1. The fraction of sp³-hybridized carbons (Fsp3) is 0.464. The highest BCUT2D eigenvalue weighted by Crippen LogP contribution is 2.44. The van der Waals surface area contributed by atoms with Crippen molar-refractivity contribution in [2.75, 3.05) is 13.2 Å². The van der Waals surface area contributed by atoms with Gasteiger partial charge in [0.15, 0.2) is 0 Å². The van der Waals surface area contributed by atoms with Gasteiger partial charge in [-0.2, -0.15) is 0 Å². The summed E-state index contributed by atoms with van der Waals surface area (Å²) in [5, 5.41) is 14.9. The normalized spacial score (nSPS) is 17.4. The molecule has 0 bridgehead atoms. The first-order valence-corrected chi connectivity index (χ1v) is 12.6. The molecule has 2 aliphatic carbocycles. The molecule has 0 saturated heterocycles. The average Bonchev–Trinajstić information content (AvgIpc) is 3.00. The van der Waals surface area contributed by atoms with E-state index in [0.29, 0.717) is 19.3 Å². The lowest BCUT2D eigenvalue weighted by atomic mass is 9.79. The van der Waals surface area contributed by atoms with E-state index in [1.54, 1.807) is 6.92 Å². The standard InChI is InChI=1S/C28H34N2O5/c1-2-24(25(31)32)30-26(33)28(15-9-3-4-10-16-28)18-29-27(34)35-17-23-21-13-7-5-11-19(21)20-12-6-8-14-22(20)23/h5-8,11-14,23-24H,2-4,9-10,15-18H2,1H3,(H,29,34)(H,30,33)(H,31,32). The van der Waals surface area contributed by atoms with Crippen molar-refractivity contribution in [3.05, 3.63) is 59.7 Å². The molecule has 3 N–H and O–H groups in total. The molecule has 0 heterocycles. The van der Waals surface area contributed by atoms with Gasteiger partial charge in [0.2, 0.25) is 5.91 Å². The van der Waals surface area contributed by atoms with Crippen LogP contribution in [0.15, 0.2) is 48.5 Å². The van der Waals surface area contributed by atoms with Gasteiger partial charge in [0.05, 0.1) is 5.41 Å². The highest BCUT2D eigenvalue weighted by atomic mass is 16.5. The van der Waals surface area contributed by atoms with E-state index < -0.39 is 23.5 Å². The number of hydrogen-bond acceptors (Lipinski definition) is 4. The smallest absolute Gasteiger partial charge is 0.407 e. The summed E-state index contributed by atoms with van der Waals surface area (Å²) in [6, 6.07) is 15.4. The van der Waals surface area contributed by atoms with Crippen molar-refractivity contribution in [1.82, 2.24) is 10.6 Å². The van der Waals surface area contributed by atoms with E-state index in [1.165, 1.54) is 0 Å². The molecule has 7 nitrogen and oxygen atoms in total. The van der Waals surface area contributed by atoms with Crippen molar-refractivity contribution in [3.63, 3.8) is 0 Å². The Balaban J connectivity index is 1.41. The molecule has 2 aromatic rings. The van der Waals surface area contributed by atoms with Crippen LogP contribution in [-0.2, 0) is 14.3 Å². The monoisotopic (exact) mass is 478 g/mol. The van der Waals surface area contributed by atoms with Gasteiger partial charge in [-0.3, -0.25) is 4.79 Å². The Morgan fingerprint density at radius 2 is 1.54 bits per heavy atom. The van der Waals surface area contributed by atoms with E-state index in [0.717, 1.165) is 47.9 Å². The van der Waals surface area contributed by atoms with Crippen molar-refractivity contribution < 1.29 is 24.2 Å². The summed E-state index contributed by atoms with van der Waals surface area (Å²) >= 11 is 0. The lowest BCUT2D eigenvalue weighted by Gasteiger charge is -2.32. The summed E-state index contributed by atoms with van der Waals surface area (Å²) in [7, 11) is 0. The quantitative estimate of drug-likeness (QED) is 0.471. The number of nitrogens with one attached hydrogen (secondary N) is 2. The molecular weight excluding hydrogens is 444 g/mol. The van der Waals surface area contributed by atoms with Crippen LogP contribution in [0.4, 0.5) is 4.79 Å². The van der Waals surface area contributed by atoms with Gasteiger partial charge < -0.3 is 20.5 Å². The van der Waals surface area contributed by atoms with Gasteiger partial charge in [-0.25, -0.2) is 9.59 Å². The van der Waals surface area contributed by atoms with Crippen molar-refractivity contribution in [3.8, 4) is 11.1 Å². The molecule has 2 aliphatic rings. The van der Waals surface area contributed by atoms with Gasteiger partial charge >= 0.3 is 12.1 Å². The first kappa shape index (κ1) is 24.8. The summed E-state index contributed by atoms with van der Waals surface area (Å²) in [4.78, 5) is 37.4. The second-order valence-electron chi connectivity index (χ2n) is 9.65. The second-order valence-corrected chi connectivity index (χ2v) is 9.65. The maximum atomic E-state index is 13.2. The average molecular weight is 479 g/mol. The third-order valence-corrected chi connectivity index (χ3v) is 7.47. The van der Waals surface area contributed by atoms with Crippen LogP contribution in [0.3, 0.4) is 0 Å². The van der Waals surface area contributed by atoms with E-state index in [-0.39, 0.29) is 25.0 Å². The molecule has 0 aliphatic heterocycles. The number of fused-ring (bicyclic) bond motifs is 3. The minimum atomic E-state index is -1.05. The number of carboxylic acids is 1. The zero-order valence-corrected chi connectivity index (χ0v) is 20.2. The van der Waals surface area contributed by atoms with Gasteiger partial charge in [0, 0.05) is 12.5 Å². The van der Waals surface area contributed by atoms with Crippen LogP contribution in [-0.4, -0.2) is 42.3 Å². The Labute approximate surface area is 206 Å². The molecule has 1 atom stereocenters. The van der Waals surface area contributed by atoms with Crippen molar-refractivity contribution in [2.45, 2.75) is 63.8 Å². The fourth-order valence-electron chi connectivity index (χ4n) is 5.43. The van der Waals surface area contributed by atoms with Gasteiger partial charge in [0.1, 0.15) is 12.6 Å². The molecule has 4 rings (SSSR count). The summed E-state index contributed by atoms with van der Waals surface area (Å²) in [6.07, 6.45) is 4.74. The van der Waals surface area contributed by atoms with Crippen molar-refractivity contribution in [2.24, 2.45) is 5.41 Å². The van der Waals surface area contributed by atoms with Crippen LogP contribution >= 0.6 is 0 Å². The lowest BCUT2D eigenvalue weighted by molar-refractivity contribution is -0.144. The molecular formula is C28H34N2O5. The predicted molar refractivity (Wildman–Crippen MR) is 133 cm³/mol. The molecule has 0 spiro atoms. The largest absolute Gasteiger partial charge is 0.480 e. The SMILES string of the molecule is CCC(NC(=O)C1(CNC(=O)OCC2c3ccccc3-c3ccccc32)CCCCCC1)C(=O)O.